The SMILES string of the molecule is COc1ccccc1CCC(=O)NCC1(c2c(F)cccc2F)CCCC1. The molecule has 1 aliphatic carbocycles. The molecule has 0 unspecified atom stereocenters. The Balaban J connectivity index is 1.65. The molecule has 0 heterocycles. The van der Waals surface area contributed by atoms with Crippen molar-refractivity contribution in [2.24, 2.45) is 0 Å². The largest absolute Gasteiger partial charge is 0.496 e. The number of methoxy groups -OCH3 is 1. The van der Waals surface area contributed by atoms with Gasteiger partial charge in [-0.2, -0.15) is 0 Å². The minimum atomic E-state index is -0.657. The molecule has 2 aromatic rings. The third-order valence-electron chi connectivity index (χ3n) is 5.49. The Kier molecular flexibility index (Phi) is 6.09. The maximum atomic E-state index is 14.4. The molecule has 0 spiro atoms. The number of hydrogen-bond donors (Lipinski definition) is 1. The van der Waals surface area contributed by atoms with Gasteiger partial charge in [0.2, 0.25) is 5.91 Å². The van der Waals surface area contributed by atoms with Crippen LogP contribution in [0.15, 0.2) is 42.5 Å². The lowest BCUT2D eigenvalue weighted by atomic mass is 9.78. The second-order valence-electron chi connectivity index (χ2n) is 7.17. The quantitative estimate of drug-likeness (QED) is 0.774. The second-order valence-corrected chi connectivity index (χ2v) is 7.17. The monoisotopic (exact) mass is 373 g/mol. The number of nitrogens with one attached hydrogen (secondary N) is 1. The Hall–Kier alpha value is -2.43. The van der Waals surface area contributed by atoms with Crippen molar-refractivity contribution in [3.63, 3.8) is 0 Å². The van der Waals surface area contributed by atoms with Crippen molar-refractivity contribution >= 4 is 5.91 Å². The van der Waals surface area contributed by atoms with Crippen LogP contribution in [0.1, 0.15) is 43.2 Å². The van der Waals surface area contributed by atoms with E-state index < -0.39 is 17.0 Å². The lowest BCUT2D eigenvalue weighted by Crippen LogP contribution is -2.40. The molecule has 3 rings (SSSR count). The molecule has 0 radical (unpaired) electrons. The first-order valence-corrected chi connectivity index (χ1v) is 9.39. The number of ether oxygens (including phenoxy) is 1. The molecule has 0 saturated heterocycles. The topological polar surface area (TPSA) is 38.3 Å². The number of amides is 1. The third-order valence-corrected chi connectivity index (χ3v) is 5.49. The molecule has 3 nitrogen and oxygen atoms in total. The Morgan fingerprint density at radius 1 is 1.07 bits per heavy atom. The molecule has 1 N–H and O–H groups in total. The number of para-hydroxylation sites is 1. The normalized spacial score (nSPS) is 15.5. The fourth-order valence-corrected chi connectivity index (χ4v) is 4.09. The maximum absolute atomic E-state index is 14.4. The summed E-state index contributed by atoms with van der Waals surface area (Å²) in [7, 11) is 1.60. The summed E-state index contributed by atoms with van der Waals surface area (Å²) in [5, 5.41) is 2.91. The van der Waals surface area contributed by atoms with E-state index in [4.69, 9.17) is 4.74 Å². The lowest BCUT2D eigenvalue weighted by Gasteiger charge is -2.30. The number of carbonyl (C=O) groups excluding carboxylic acids is 1. The smallest absolute Gasteiger partial charge is 0.220 e. The minimum Gasteiger partial charge on any atom is -0.496 e. The van der Waals surface area contributed by atoms with Crippen LogP contribution in [-0.2, 0) is 16.6 Å². The average Bonchev–Trinajstić information content (AvgIpc) is 3.14. The van der Waals surface area contributed by atoms with Gasteiger partial charge in [-0.1, -0.05) is 37.1 Å². The molecule has 1 amide bonds. The number of hydrogen-bond acceptors (Lipinski definition) is 2. The molecule has 0 bridgehead atoms. The van der Waals surface area contributed by atoms with Gasteiger partial charge in [0.15, 0.2) is 0 Å². The van der Waals surface area contributed by atoms with Crippen LogP contribution in [0.25, 0.3) is 0 Å². The van der Waals surface area contributed by atoms with Gasteiger partial charge in [-0.25, -0.2) is 8.78 Å². The summed E-state index contributed by atoms with van der Waals surface area (Å²) in [6, 6.07) is 11.5. The van der Waals surface area contributed by atoms with E-state index in [1.807, 2.05) is 24.3 Å². The first kappa shape index (κ1) is 19.3. The van der Waals surface area contributed by atoms with Crippen LogP contribution in [0, 0.1) is 11.6 Å². The van der Waals surface area contributed by atoms with E-state index in [-0.39, 0.29) is 18.0 Å². The average molecular weight is 373 g/mol. The number of carbonyl (C=O) groups is 1. The van der Waals surface area contributed by atoms with Crippen molar-refractivity contribution in [2.45, 2.75) is 43.9 Å². The first-order valence-electron chi connectivity index (χ1n) is 9.39. The van der Waals surface area contributed by atoms with Gasteiger partial charge in [0.1, 0.15) is 17.4 Å². The fraction of sp³-hybridized carbons (Fsp3) is 0.409. The van der Waals surface area contributed by atoms with E-state index in [2.05, 4.69) is 5.32 Å². The zero-order valence-corrected chi connectivity index (χ0v) is 15.6. The van der Waals surface area contributed by atoms with Crippen LogP contribution in [0.2, 0.25) is 0 Å². The van der Waals surface area contributed by atoms with Gasteiger partial charge in [-0.3, -0.25) is 4.79 Å². The van der Waals surface area contributed by atoms with Crippen LogP contribution >= 0.6 is 0 Å². The van der Waals surface area contributed by atoms with E-state index in [9.17, 15) is 13.6 Å². The maximum Gasteiger partial charge on any atom is 0.220 e. The lowest BCUT2D eigenvalue weighted by molar-refractivity contribution is -0.121. The van der Waals surface area contributed by atoms with Crippen molar-refractivity contribution in [3.05, 3.63) is 65.2 Å². The molecule has 0 aromatic heterocycles. The highest BCUT2D eigenvalue weighted by molar-refractivity contribution is 5.76. The second kappa shape index (κ2) is 8.51. The third kappa shape index (κ3) is 4.29. The van der Waals surface area contributed by atoms with Crippen molar-refractivity contribution in [3.8, 4) is 5.75 Å². The van der Waals surface area contributed by atoms with Gasteiger partial charge in [-0.05, 0) is 43.0 Å². The Bertz CT molecular complexity index is 780. The van der Waals surface area contributed by atoms with Crippen molar-refractivity contribution < 1.29 is 18.3 Å². The summed E-state index contributed by atoms with van der Waals surface area (Å²) in [6.07, 6.45) is 4.03. The van der Waals surface area contributed by atoms with Crippen LogP contribution in [0.3, 0.4) is 0 Å². The number of aryl methyl sites for hydroxylation is 1. The van der Waals surface area contributed by atoms with Gasteiger partial charge < -0.3 is 10.1 Å². The molecule has 0 atom stereocenters. The molecular formula is C22H25F2NO2. The molecule has 1 saturated carbocycles. The van der Waals surface area contributed by atoms with Gasteiger partial charge in [0.05, 0.1) is 7.11 Å². The molecular weight excluding hydrogens is 348 g/mol. The van der Waals surface area contributed by atoms with Gasteiger partial charge in [0.25, 0.3) is 0 Å². The number of benzene rings is 2. The molecule has 1 aliphatic rings. The molecule has 144 valence electrons. The molecule has 27 heavy (non-hydrogen) atoms. The molecule has 2 aromatic carbocycles. The van der Waals surface area contributed by atoms with E-state index in [1.165, 1.54) is 18.2 Å². The highest BCUT2D eigenvalue weighted by atomic mass is 19.1. The van der Waals surface area contributed by atoms with E-state index in [0.717, 1.165) is 24.2 Å². The summed E-state index contributed by atoms with van der Waals surface area (Å²) in [6.45, 7) is 0.260. The fourth-order valence-electron chi connectivity index (χ4n) is 4.09. The number of halogens is 2. The Labute approximate surface area is 158 Å². The molecule has 5 heteroatoms. The highest BCUT2D eigenvalue weighted by Crippen LogP contribution is 2.42. The van der Waals surface area contributed by atoms with Gasteiger partial charge in [0, 0.05) is 23.9 Å². The van der Waals surface area contributed by atoms with Crippen LogP contribution in [-0.4, -0.2) is 19.6 Å². The van der Waals surface area contributed by atoms with Crippen LogP contribution in [0.5, 0.6) is 5.75 Å². The van der Waals surface area contributed by atoms with Crippen molar-refractivity contribution in [1.29, 1.82) is 0 Å². The summed E-state index contributed by atoms with van der Waals surface area (Å²) in [5.41, 5.74) is 0.425. The van der Waals surface area contributed by atoms with E-state index >= 15 is 0 Å². The Morgan fingerprint density at radius 2 is 1.74 bits per heavy atom. The summed E-state index contributed by atoms with van der Waals surface area (Å²) < 4.78 is 34.0. The number of rotatable bonds is 7. The van der Waals surface area contributed by atoms with Crippen LogP contribution < -0.4 is 10.1 Å². The van der Waals surface area contributed by atoms with Crippen molar-refractivity contribution in [1.82, 2.24) is 5.32 Å². The predicted octanol–water partition coefficient (Wildman–Crippen LogP) is 4.53. The molecule has 1 fully saturated rings. The summed E-state index contributed by atoms with van der Waals surface area (Å²) in [5.74, 6) is -0.421. The summed E-state index contributed by atoms with van der Waals surface area (Å²) >= 11 is 0. The zero-order chi connectivity index (χ0) is 19.3. The Morgan fingerprint density at radius 3 is 2.41 bits per heavy atom. The van der Waals surface area contributed by atoms with E-state index in [0.29, 0.717) is 25.7 Å². The van der Waals surface area contributed by atoms with Gasteiger partial charge in [-0.15, -0.1) is 0 Å². The van der Waals surface area contributed by atoms with Crippen LogP contribution in [0.4, 0.5) is 8.78 Å². The standard InChI is InChI=1S/C22H25F2NO2/c1-27-19-10-3-2-7-16(19)11-12-20(26)25-15-22(13-4-5-14-22)21-17(23)8-6-9-18(21)24/h2-3,6-10H,4-5,11-15H2,1H3,(H,25,26). The highest BCUT2D eigenvalue weighted by Gasteiger charge is 2.40. The predicted molar refractivity (Wildman–Crippen MR) is 101 cm³/mol. The first-order chi connectivity index (χ1) is 13.1. The van der Waals surface area contributed by atoms with Gasteiger partial charge >= 0.3 is 0 Å². The zero-order valence-electron chi connectivity index (χ0n) is 15.6. The summed E-state index contributed by atoms with van der Waals surface area (Å²) in [4.78, 5) is 12.4. The van der Waals surface area contributed by atoms with Crippen molar-refractivity contribution in [2.75, 3.05) is 13.7 Å². The van der Waals surface area contributed by atoms with E-state index in [1.54, 1.807) is 7.11 Å². The molecule has 0 aliphatic heterocycles. The minimum absolute atomic E-state index is 0.118.